The molecular weight excluding hydrogens is 478 g/mol. The largest absolute Gasteiger partial charge is 0.461 e. The van der Waals surface area contributed by atoms with Crippen molar-refractivity contribution in [1.29, 1.82) is 0 Å². The van der Waals surface area contributed by atoms with E-state index >= 15 is 0 Å². The zero-order chi connectivity index (χ0) is 25.7. The van der Waals surface area contributed by atoms with Crippen LogP contribution in [0, 0.1) is 11.8 Å². The summed E-state index contributed by atoms with van der Waals surface area (Å²) in [5.74, 6) is -2.35. The summed E-state index contributed by atoms with van der Waals surface area (Å²) >= 11 is 1.50. The second-order valence-corrected chi connectivity index (χ2v) is 11.6. The number of anilines is 2. The average molecular weight is 512 g/mol. The second-order valence-electron chi connectivity index (χ2n) is 9.82. The predicted molar refractivity (Wildman–Crippen MR) is 140 cm³/mol. The third kappa shape index (κ3) is 3.58. The van der Waals surface area contributed by atoms with Gasteiger partial charge in [0.05, 0.1) is 23.2 Å². The molecule has 1 unspecified atom stereocenters. The third-order valence-electron chi connectivity index (χ3n) is 7.94. The first-order valence-electron chi connectivity index (χ1n) is 12.6. The molecule has 1 aromatic carbocycles. The van der Waals surface area contributed by atoms with Gasteiger partial charge in [0.15, 0.2) is 0 Å². The fraction of sp³-hybridized carbons (Fsp3) is 0.519. The van der Waals surface area contributed by atoms with E-state index in [1.54, 1.807) is 4.90 Å². The van der Waals surface area contributed by atoms with Crippen molar-refractivity contribution in [2.75, 3.05) is 49.2 Å². The number of hydrogen-bond donors (Lipinski definition) is 1. The van der Waals surface area contributed by atoms with E-state index in [9.17, 15) is 19.5 Å². The van der Waals surface area contributed by atoms with E-state index in [0.29, 0.717) is 6.54 Å². The van der Waals surface area contributed by atoms with Crippen LogP contribution in [0.25, 0.3) is 0 Å². The van der Waals surface area contributed by atoms with E-state index in [1.807, 2.05) is 55.5 Å². The highest BCUT2D eigenvalue weighted by molar-refractivity contribution is 8.02. The van der Waals surface area contributed by atoms with Crippen molar-refractivity contribution in [3.63, 3.8) is 0 Å². The van der Waals surface area contributed by atoms with Gasteiger partial charge >= 0.3 is 5.97 Å². The number of ether oxygens (including phenoxy) is 1. The average Bonchev–Trinajstić information content (AvgIpc) is 3.11. The Morgan fingerprint density at radius 3 is 2.44 bits per heavy atom. The van der Waals surface area contributed by atoms with Crippen molar-refractivity contribution < 1.29 is 24.2 Å². The molecule has 8 nitrogen and oxygen atoms in total. The van der Waals surface area contributed by atoms with Crippen LogP contribution in [0.4, 0.5) is 11.4 Å². The van der Waals surface area contributed by atoms with Crippen LogP contribution in [0.2, 0.25) is 0 Å². The normalized spacial score (nSPS) is 33.1. The number of fused-ring (bicyclic) bond motifs is 2. The van der Waals surface area contributed by atoms with Crippen LogP contribution in [-0.2, 0) is 19.1 Å². The van der Waals surface area contributed by atoms with Gasteiger partial charge in [-0.3, -0.25) is 14.4 Å². The van der Waals surface area contributed by atoms with Gasteiger partial charge in [0, 0.05) is 42.3 Å². The van der Waals surface area contributed by atoms with Crippen molar-refractivity contribution in [3.05, 3.63) is 48.6 Å². The Morgan fingerprint density at radius 1 is 1.06 bits per heavy atom. The Labute approximate surface area is 215 Å². The molecule has 1 spiro atoms. The van der Waals surface area contributed by atoms with Gasteiger partial charge in [0.25, 0.3) is 5.91 Å². The Bertz CT molecular complexity index is 1120. The number of hydrogen-bond acceptors (Lipinski definition) is 7. The molecule has 5 rings (SSSR count). The lowest BCUT2D eigenvalue weighted by Gasteiger charge is -2.36. The minimum atomic E-state index is -0.931. The Hall–Kier alpha value is -2.78. The highest BCUT2D eigenvalue weighted by Crippen LogP contribution is 2.65. The molecule has 0 aromatic heterocycles. The lowest BCUT2D eigenvalue weighted by atomic mass is 9.75. The van der Waals surface area contributed by atoms with Gasteiger partial charge in [0.1, 0.15) is 12.6 Å². The third-order valence-corrected chi connectivity index (χ3v) is 9.74. The van der Waals surface area contributed by atoms with Crippen molar-refractivity contribution in [1.82, 2.24) is 4.90 Å². The van der Waals surface area contributed by atoms with E-state index in [0.717, 1.165) is 24.5 Å². The molecule has 5 atom stereocenters. The molecule has 4 aliphatic rings. The number of aliphatic hydroxyl groups excluding tert-OH is 1. The van der Waals surface area contributed by atoms with Gasteiger partial charge in [-0.15, -0.1) is 11.8 Å². The zero-order valence-electron chi connectivity index (χ0n) is 20.9. The number of carbonyl (C=O) groups is 3. The molecule has 1 aromatic rings. The minimum Gasteiger partial charge on any atom is -0.461 e. The maximum atomic E-state index is 14.2. The predicted octanol–water partition coefficient (Wildman–Crippen LogP) is 2.23. The fourth-order valence-electron chi connectivity index (χ4n) is 6.37. The molecule has 36 heavy (non-hydrogen) atoms. The highest BCUT2D eigenvalue weighted by atomic mass is 32.2. The molecule has 0 bridgehead atoms. The number of nitrogens with zero attached hydrogens (tertiary/aromatic N) is 3. The first-order chi connectivity index (χ1) is 17.3. The number of thioether (sulfide) groups is 1. The molecule has 0 aliphatic carbocycles. The molecule has 0 radical (unpaired) electrons. The van der Waals surface area contributed by atoms with Crippen LogP contribution in [0.5, 0.6) is 0 Å². The van der Waals surface area contributed by atoms with Gasteiger partial charge in [-0.05, 0) is 51.1 Å². The Kier molecular flexibility index (Phi) is 6.41. The number of carbonyl (C=O) groups excluding carboxylic acids is 3. The van der Waals surface area contributed by atoms with Crippen molar-refractivity contribution in [2.24, 2.45) is 11.8 Å². The summed E-state index contributed by atoms with van der Waals surface area (Å²) in [5, 5.41) is 9.79. The highest BCUT2D eigenvalue weighted by Gasteiger charge is 2.74. The Morgan fingerprint density at radius 2 is 1.78 bits per heavy atom. The van der Waals surface area contributed by atoms with E-state index in [-0.39, 0.29) is 31.6 Å². The lowest BCUT2D eigenvalue weighted by molar-refractivity contribution is -0.152. The molecule has 1 N–H and O–H groups in total. The number of rotatable bonds is 6. The van der Waals surface area contributed by atoms with E-state index in [2.05, 4.69) is 18.7 Å². The summed E-state index contributed by atoms with van der Waals surface area (Å²) in [5.41, 5.74) is 1.83. The molecule has 2 amide bonds. The topological polar surface area (TPSA) is 90.4 Å². The summed E-state index contributed by atoms with van der Waals surface area (Å²) in [6.45, 7) is 8.24. The van der Waals surface area contributed by atoms with Crippen molar-refractivity contribution in [3.8, 4) is 0 Å². The maximum Gasteiger partial charge on any atom is 0.311 e. The van der Waals surface area contributed by atoms with E-state index in [4.69, 9.17) is 4.74 Å². The summed E-state index contributed by atoms with van der Waals surface area (Å²) in [7, 11) is 0. The smallest absolute Gasteiger partial charge is 0.311 e. The van der Waals surface area contributed by atoms with Gasteiger partial charge in [0.2, 0.25) is 5.91 Å². The summed E-state index contributed by atoms with van der Waals surface area (Å²) in [4.78, 5) is 46.6. The first-order valence-corrected chi connectivity index (χ1v) is 13.4. The summed E-state index contributed by atoms with van der Waals surface area (Å²) < 4.78 is 3.82. The molecule has 2 fully saturated rings. The number of benzene rings is 1. The van der Waals surface area contributed by atoms with Gasteiger partial charge in [-0.25, -0.2) is 0 Å². The molecule has 4 aliphatic heterocycles. The number of aliphatic hydroxyl groups is 1. The Balaban J connectivity index is 1.56. The first kappa shape index (κ1) is 24.9. The number of amides is 2. The number of cyclic esters (lactones) is 1. The van der Waals surface area contributed by atoms with Crippen LogP contribution < -0.4 is 9.80 Å². The van der Waals surface area contributed by atoms with Gasteiger partial charge in [-0.1, -0.05) is 18.2 Å². The van der Waals surface area contributed by atoms with Crippen LogP contribution in [0.3, 0.4) is 0 Å². The molecule has 2 saturated heterocycles. The molecule has 0 saturated carbocycles. The van der Waals surface area contributed by atoms with Gasteiger partial charge in [-0.2, -0.15) is 0 Å². The number of esters is 1. The maximum absolute atomic E-state index is 14.2. The van der Waals surface area contributed by atoms with Crippen LogP contribution in [-0.4, -0.2) is 82.7 Å². The van der Waals surface area contributed by atoms with Crippen molar-refractivity contribution in [2.45, 2.75) is 36.3 Å². The molecule has 9 heteroatoms. The zero-order valence-corrected chi connectivity index (χ0v) is 21.7. The molecular formula is C27H33N3O5S. The summed E-state index contributed by atoms with van der Waals surface area (Å²) in [6.07, 6.45) is 7.68. The van der Waals surface area contributed by atoms with Gasteiger partial charge < -0.3 is 24.5 Å². The fourth-order valence-corrected chi connectivity index (χ4v) is 8.52. The van der Waals surface area contributed by atoms with Crippen LogP contribution >= 0.6 is 11.8 Å². The molecule has 192 valence electrons. The van der Waals surface area contributed by atoms with E-state index in [1.165, 1.54) is 16.7 Å². The van der Waals surface area contributed by atoms with Crippen LogP contribution in [0.1, 0.15) is 20.8 Å². The summed E-state index contributed by atoms with van der Waals surface area (Å²) in [6, 6.07) is 7.07. The monoisotopic (exact) mass is 511 g/mol. The quantitative estimate of drug-likeness (QED) is 0.463. The standard InChI is InChI=1S/C27H33N3O5S/c1-4-28(5-2)18-8-10-19(11-9-18)29-14-6-13-27-20(23(32)30(15-16-31)22(27)24(29)33)21-25(34)35-17-7-12-26(21,3)36-27/h6-13,20-22,31H,4-5,14-17H2,1-3H3/t20-,21+,22?,26-,27-/m0/s1. The SMILES string of the molecule is CCN(CC)c1ccc(N2CC=C[C@]34S[C@@]5(C)C=CCOC(=O)[C@H]5[C@H]3C(=O)N(CCO)C4C2=O)cc1. The van der Waals surface area contributed by atoms with E-state index < -0.39 is 33.3 Å². The lowest BCUT2D eigenvalue weighted by Crippen LogP contribution is -2.54. The second kappa shape index (κ2) is 9.27. The van der Waals surface area contributed by atoms with Crippen LogP contribution in [0.15, 0.2) is 48.6 Å². The van der Waals surface area contributed by atoms with Crippen molar-refractivity contribution >= 4 is 40.9 Å². The number of likely N-dealkylation sites (tertiary alicyclic amines) is 1. The number of β-amino-alcohol motifs (C(OH)–C–C–N with tert-alkyl or cyclic N) is 1. The molecule has 4 heterocycles. The minimum absolute atomic E-state index is 0.0327.